The molecule has 6 heterocycles. The highest BCUT2D eigenvalue weighted by Crippen LogP contribution is 2.47. The van der Waals surface area contributed by atoms with Crippen LogP contribution in [0.25, 0.3) is 11.1 Å². The third kappa shape index (κ3) is 3.52. The van der Waals surface area contributed by atoms with Crippen molar-refractivity contribution < 1.29 is 19.1 Å². The summed E-state index contributed by atoms with van der Waals surface area (Å²) in [6, 6.07) is 9.92. The molecule has 7 rings (SSSR count). The van der Waals surface area contributed by atoms with Crippen molar-refractivity contribution in [1.29, 1.82) is 0 Å². The number of nitrogens with one attached hydrogen (secondary N) is 1. The summed E-state index contributed by atoms with van der Waals surface area (Å²) in [4.78, 5) is 37.5. The Morgan fingerprint density at radius 1 is 1.03 bits per heavy atom. The van der Waals surface area contributed by atoms with Crippen molar-refractivity contribution in [3.8, 4) is 22.8 Å². The van der Waals surface area contributed by atoms with Crippen molar-refractivity contribution in [3.05, 3.63) is 48.3 Å². The van der Waals surface area contributed by atoms with E-state index in [0.717, 1.165) is 53.2 Å². The Bertz CT molecular complexity index is 1470. The summed E-state index contributed by atoms with van der Waals surface area (Å²) in [6.07, 6.45) is 6.36. The summed E-state index contributed by atoms with van der Waals surface area (Å²) >= 11 is 0. The number of benzene rings is 1. The van der Waals surface area contributed by atoms with Crippen LogP contribution in [0.1, 0.15) is 45.1 Å². The molecule has 0 bridgehead atoms. The molecular formula is C28H27N5O4. The fourth-order valence-electron chi connectivity index (χ4n) is 5.82. The van der Waals surface area contributed by atoms with Crippen LogP contribution in [0.2, 0.25) is 0 Å². The molecule has 3 aromatic rings. The molecule has 2 saturated heterocycles. The molecule has 9 nitrogen and oxygen atoms in total. The molecule has 37 heavy (non-hydrogen) atoms. The fourth-order valence-corrected chi connectivity index (χ4v) is 5.82. The molecule has 0 saturated carbocycles. The molecule has 2 amide bonds. The largest absolute Gasteiger partial charge is 0.482 e. The van der Waals surface area contributed by atoms with Gasteiger partial charge in [-0.1, -0.05) is 0 Å². The van der Waals surface area contributed by atoms with E-state index in [0.29, 0.717) is 36.8 Å². The maximum atomic E-state index is 12.5. The van der Waals surface area contributed by atoms with Crippen LogP contribution in [0.15, 0.2) is 42.7 Å². The minimum Gasteiger partial charge on any atom is -0.482 e. The van der Waals surface area contributed by atoms with Gasteiger partial charge in [0.15, 0.2) is 0 Å². The van der Waals surface area contributed by atoms with Gasteiger partial charge in [-0.2, -0.15) is 0 Å². The first-order valence-electron chi connectivity index (χ1n) is 12.7. The van der Waals surface area contributed by atoms with Crippen LogP contribution in [-0.4, -0.2) is 41.0 Å². The lowest BCUT2D eigenvalue weighted by Crippen LogP contribution is -2.40. The highest BCUT2D eigenvalue weighted by atomic mass is 16.5. The fraction of sp³-hybridized carbons (Fsp3) is 0.357. The van der Waals surface area contributed by atoms with Crippen LogP contribution < -0.4 is 24.6 Å². The maximum absolute atomic E-state index is 12.5. The summed E-state index contributed by atoms with van der Waals surface area (Å²) in [5, 5.41) is 3.34. The van der Waals surface area contributed by atoms with E-state index in [9.17, 15) is 9.59 Å². The molecule has 0 aliphatic carbocycles. The molecule has 0 spiro atoms. The predicted molar refractivity (Wildman–Crippen MR) is 138 cm³/mol. The van der Waals surface area contributed by atoms with E-state index in [4.69, 9.17) is 9.47 Å². The van der Waals surface area contributed by atoms with E-state index in [1.807, 2.05) is 60.2 Å². The first-order valence-corrected chi connectivity index (χ1v) is 12.7. The highest BCUT2D eigenvalue weighted by molar-refractivity contribution is 5.98. The minimum absolute atomic E-state index is 0.0704. The van der Waals surface area contributed by atoms with Crippen LogP contribution in [-0.2, 0) is 15.2 Å². The van der Waals surface area contributed by atoms with Gasteiger partial charge in [-0.3, -0.25) is 9.59 Å². The van der Waals surface area contributed by atoms with E-state index in [1.165, 1.54) is 0 Å². The summed E-state index contributed by atoms with van der Waals surface area (Å²) in [5.41, 5.74) is 4.65. The number of hydrogen-bond acceptors (Lipinski definition) is 7. The van der Waals surface area contributed by atoms with E-state index < -0.39 is 5.60 Å². The zero-order chi connectivity index (χ0) is 25.3. The predicted octanol–water partition coefficient (Wildman–Crippen LogP) is 4.53. The SMILES string of the molecule is CC1(C)Oc2cc(N3CCCC3=O)ccc2-c2cnc(Nc3cnc4c(c3)N3C(=O)CC[C@H]3CO4)cc21. The molecular weight excluding hydrogens is 470 g/mol. The van der Waals surface area contributed by atoms with Crippen molar-refractivity contribution in [2.75, 3.05) is 28.3 Å². The highest BCUT2D eigenvalue weighted by Gasteiger charge is 2.38. The van der Waals surface area contributed by atoms with E-state index in [2.05, 4.69) is 15.3 Å². The average molecular weight is 498 g/mol. The van der Waals surface area contributed by atoms with Crippen molar-refractivity contribution >= 4 is 34.7 Å². The van der Waals surface area contributed by atoms with Gasteiger partial charge in [0.1, 0.15) is 29.5 Å². The van der Waals surface area contributed by atoms with Crippen LogP contribution >= 0.6 is 0 Å². The lowest BCUT2D eigenvalue weighted by Gasteiger charge is -2.35. The van der Waals surface area contributed by atoms with Gasteiger partial charge in [-0.05, 0) is 51.0 Å². The van der Waals surface area contributed by atoms with Crippen molar-refractivity contribution in [1.82, 2.24) is 9.97 Å². The van der Waals surface area contributed by atoms with Crippen LogP contribution in [0, 0.1) is 0 Å². The number of ether oxygens (including phenoxy) is 2. The molecule has 2 fully saturated rings. The van der Waals surface area contributed by atoms with Crippen LogP contribution in [0.5, 0.6) is 11.6 Å². The molecule has 2 aromatic heterocycles. The topological polar surface area (TPSA) is 96.9 Å². The number of pyridine rings is 2. The van der Waals surface area contributed by atoms with E-state index in [1.54, 1.807) is 6.20 Å². The van der Waals surface area contributed by atoms with Crippen molar-refractivity contribution in [2.24, 2.45) is 0 Å². The van der Waals surface area contributed by atoms with Gasteiger partial charge in [0.2, 0.25) is 17.7 Å². The van der Waals surface area contributed by atoms with Gasteiger partial charge < -0.3 is 24.6 Å². The molecule has 4 aliphatic rings. The molecule has 1 aromatic carbocycles. The smallest absolute Gasteiger partial charge is 0.238 e. The standard InChI is InChI=1S/C28H27N5O4/c1-28(2)21-12-24(31-16-10-22-27(30-13-16)36-15-18-6-8-26(35)33(18)22)29-14-20(21)19-7-5-17(11-23(19)37-28)32-9-3-4-25(32)34/h5,7,10-14,18H,3-4,6,8-9,15H2,1-2H3,(H,29,31)/t18-/m0/s1. The molecule has 4 aliphatic heterocycles. The quantitative estimate of drug-likeness (QED) is 0.568. The molecule has 9 heteroatoms. The second-order valence-electron chi connectivity index (χ2n) is 10.5. The van der Waals surface area contributed by atoms with Gasteiger partial charge in [0.25, 0.3) is 0 Å². The van der Waals surface area contributed by atoms with E-state index >= 15 is 0 Å². The van der Waals surface area contributed by atoms with Crippen LogP contribution in [0.4, 0.5) is 22.9 Å². The van der Waals surface area contributed by atoms with Gasteiger partial charge in [-0.15, -0.1) is 0 Å². The maximum Gasteiger partial charge on any atom is 0.238 e. The van der Waals surface area contributed by atoms with Crippen molar-refractivity contribution in [3.63, 3.8) is 0 Å². The number of nitrogens with zero attached hydrogens (tertiary/aromatic N) is 4. The molecule has 0 radical (unpaired) electrons. The van der Waals surface area contributed by atoms with Gasteiger partial charge in [0, 0.05) is 54.0 Å². The molecule has 1 atom stereocenters. The Kier molecular flexibility index (Phi) is 4.73. The second-order valence-corrected chi connectivity index (χ2v) is 10.5. The third-order valence-corrected chi connectivity index (χ3v) is 7.66. The Morgan fingerprint density at radius 2 is 1.92 bits per heavy atom. The Labute approximate surface area is 214 Å². The lowest BCUT2D eigenvalue weighted by atomic mass is 9.87. The normalized spacial score (nSPS) is 21.0. The number of fused-ring (bicyclic) bond motifs is 6. The summed E-state index contributed by atoms with van der Waals surface area (Å²) in [7, 11) is 0. The average Bonchev–Trinajstić information content (AvgIpc) is 3.49. The Morgan fingerprint density at radius 3 is 2.76 bits per heavy atom. The Hall–Kier alpha value is -4.14. The number of anilines is 4. The summed E-state index contributed by atoms with van der Waals surface area (Å²) < 4.78 is 12.2. The number of carbonyl (C=O) groups excluding carboxylic acids is 2. The molecule has 188 valence electrons. The lowest BCUT2D eigenvalue weighted by molar-refractivity contribution is -0.118. The number of aromatic nitrogens is 2. The van der Waals surface area contributed by atoms with E-state index in [-0.39, 0.29) is 17.9 Å². The van der Waals surface area contributed by atoms with Gasteiger partial charge >= 0.3 is 0 Å². The van der Waals surface area contributed by atoms with Crippen LogP contribution in [0.3, 0.4) is 0 Å². The molecule has 1 N–H and O–H groups in total. The number of hydrogen-bond donors (Lipinski definition) is 1. The van der Waals surface area contributed by atoms with Gasteiger partial charge in [0.05, 0.1) is 17.9 Å². The van der Waals surface area contributed by atoms with Crippen molar-refractivity contribution in [2.45, 2.75) is 51.2 Å². The number of amides is 2. The summed E-state index contributed by atoms with van der Waals surface area (Å²) in [5.74, 6) is 2.15. The molecule has 0 unspecified atom stereocenters. The first-order chi connectivity index (χ1) is 17.9. The van der Waals surface area contributed by atoms with Gasteiger partial charge in [-0.25, -0.2) is 9.97 Å². The zero-order valence-electron chi connectivity index (χ0n) is 20.8. The number of rotatable bonds is 3. The Balaban J connectivity index is 1.21. The third-order valence-electron chi connectivity index (χ3n) is 7.66. The monoisotopic (exact) mass is 497 g/mol. The zero-order valence-corrected chi connectivity index (χ0v) is 20.8. The minimum atomic E-state index is -0.605. The number of carbonyl (C=O) groups is 2. The summed E-state index contributed by atoms with van der Waals surface area (Å²) in [6.45, 7) is 5.29. The first kappa shape index (κ1) is 22.1. The second kappa shape index (κ2) is 7.93.